The predicted molar refractivity (Wildman–Crippen MR) is 89.1 cm³/mol. The zero-order valence-corrected chi connectivity index (χ0v) is 13.6. The Kier molecular flexibility index (Phi) is 3.48. The molecule has 2 aromatic heterocycles. The van der Waals surface area contributed by atoms with Crippen LogP contribution in [0.4, 0.5) is 0 Å². The third-order valence-electron chi connectivity index (χ3n) is 4.75. The molecule has 4 rings (SSSR count). The SMILES string of the molecule is Cc1cc(-c2nnc3n2CCC(c2ccccc2)CC3)n(C)n1. The summed E-state index contributed by atoms with van der Waals surface area (Å²) in [6, 6.07) is 12.9. The fraction of sp³-hybridized carbons (Fsp3) is 0.389. The average molecular weight is 307 g/mol. The Morgan fingerprint density at radius 1 is 1.09 bits per heavy atom. The monoisotopic (exact) mass is 307 g/mol. The van der Waals surface area contributed by atoms with Crippen LogP contribution in [0.25, 0.3) is 11.5 Å². The first-order chi connectivity index (χ1) is 11.2. The second-order valence-electron chi connectivity index (χ2n) is 6.32. The van der Waals surface area contributed by atoms with E-state index in [1.807, 2.05) is 18.7 Å². The van der Waals surface area contributed by atoms with E-state index in [0.29, 0.717) is 5.92 Å². The van der Waals surface area contributed by atoms with Crippen molar-refractivity contribution >= 4 is 0 Å². The normalized spacial score (nSPS) is 17.7. The van der Waals surface area contributed by atoms with Gasteiger partial charge < -0.3 is 4.57 Å². The molecular weight excluding hydrogens is 286 g/mol. The standard InChI is InChI=1S/C18H21N5/c1-13-12-16(22(2)21-13)18-20-19-17-9-8-15(10-11-23(17)18)14-6-4-3-5-7-14/h3-7,12,15H,8-11H2,1-2H3. The molecule has 1 atom stereocenters. The minimum Gasteiger partial charge on any atom is -0.310 e. The molecule has 1 aromatic carbocycles. The molecule has 1 aliphatic heterocycles. The molecule has 3 heterocycles. The van der Waals surface area contributed by atoms with Gasteiger partial charge in [-0.3, -0.25) is 4.68 Å². The molecule has 5 nitrogen and oxygen atoms in total. The molecule has 118 valence electrons. The van der Waals surface area contributed by atoms with Crippen molar-refractivity contribution in [3.8, 4) is 11.5 Å². The van der Waals surface area contributed by atoms with Crippen LogP contribution in [0.3, 0.4) is 0 Å². The van der Waals surface area contributed by atoms with Gasteiger partial charge in [0.05, 0.1) is 5.69 Å². The van der Waals surface area contributed by atoms with Crippen molar-refractivity contribution in [3.05, 3.63) is 53.5 Å². The summed E-state index contributed by atoms with van der Waals surface area (Å²) < 4.78 is 4.17. The second-order valence-corrected chi connectivity index (χ2v) is 6.32. The maximum absolute atomic E-state index is 4.44. The summed E-state index contributed by atoms with van der Waals surface area (Å²) in [7, 11) is 1.97. The lowest BCUT2D eigenvalue weighted by molar-refractivity contribution is 0.560. The topological polar surface area (TPSA) is 48.5 Å². The average Bonchev–Trinajstić information content (AvgIpc) is 3.03. The summed E-state index contributed by atoms with van der Waals surface area (Å²) in [5, 5.41) is 13.3. The quantitative estimate of drug-likeness (QED) is 0.731. The van der Waals surface area contributed by atoms with Gasteiger partial charge in [-0.15, -0.1) is 10.2 Å². The van der Waals surface area contributed by atoms with E-state index >= 15 is 0 Å². The van der Waals surface area contributed by atoms with Crippen LogP contribution >= 0.6 is 0 Å². The lowest BCUT2D eigenvalue weighted by atomic mass is 9.92. The molecule has 1 aliphatic rings. The molecule has 0 saturated carbocycles. The van der Waals surface area contributed by atoms with Crippen molar-refractivity contribution in [1.82, 2.24) is 24.5 Å². The summed E-state index contributed by atoms with van der Waals surface area (Å²) >= 11 is 0. The number of nitrogens with zero attached hydrogens (tertiary/aromatic N) is 5. The number of rotatable bonds is 2. The summed E-state index contributed by atoms with van der Waals surface area (Å²) in [4.78, 5) is 0. The fourth-order valence-electron chi connectivity index (χ4n) is 3.56. The van der Waals surface area contributed by atoms with Crippen LogP contribution in [0.5, 0.6) is 0 Å². The Hall–Kier alpha value is -2.43. The molecule has 0 N–H and O–H groups in total. The summed E-state index contributed by atoms with van der Waals surface area (Å²) in [5.41, 5.74) is 3.49. The minimum absolute atomic E-state index is 0.596. The van der Waals surface area contributed by atoms with E-state index in [9.17, 15) is 0 Å². The van der Waals surface area contributed by atoms with Crippen molar-refractivity contribution < 1.29 is 0 Å². The third-order valence-corrected chi connectivity index (χ3v) is 4.75. The van der Waals surface area contributed by atoms with Gasteiger partial charge in [-0.1, -0.05) is 30.3 Å². The number of fused-ring (bicyclic) bond motifs is 1. The van der Waals surface area contributed by atoms with Crippen molar-refractivity contribution in [1.29, 1.82) is 0 Å². The summed E-state index contributed by atoms with van der Waals surface area (Å²) in [5.74, 6) is 2.63. The number of aromatic nitrogens is 5. The Morgan fingerprint density at radius 3 is 2.65 bits per heavy atom. The molecular formula is C18H21N5. The molecule has 0 saturated heterocycles. The fourth-order valence-corrected chi connectivity index (χ4v) is 3.56. The van der Waals surface area contributed by atoms with Gasteiger partial charge in [-0.05, 0) is 37.3 Å². The highest BCUT2D eigenvalue weighted by atomic mass is 15.3. The Morgan fingerprint density at radius 2 is 1.91 bits per heavy atom. The second kappa shape index (κ2) is 5.65. The van der Waals surface area contributed by atoms with Crippen LogP contribution in [-0.2, 0) is 20.0 Å². The smallest absolute Gasteiger partial charge is 0.182 e. The van der Waals surface area contributed by atoms with E-state index in [4.69, 9.17) is 0 Å². The first-order valence-corrected chi connectivity index (χ1v) is 8.20. The Labute approximate surface area is 136 Å². The van der Waals surface area contributed by atoms with Crippen molar-refractivity contribution in [3.63, 3.8) is 0 Å². The van der Waals surface area contributed by atoms with Gasteiger partial charge in [0.25, 0.3) is 0 Å². The molecule has 0 spiro atoms. The largest absolute Gasteiger partial charge is 0.310 e. The van der Waals surface area contributed by atoms with Crippen molar-refractivity contribution in [2.75, 3.05) is 0 Å². The number of hydrogen-bond acceptors (Lipinski definition) is 3. The van der Waals surface area contributed by atoms with Gasteiger partial charge in [0, 0.05) is 20.0 Å². The van der Waals surface area contributed by atoms with E-state index in [1.165, 1.54) is 5.56 Å². The summed E-state index contributed by atoms with van der Waals surface area (Å²) in [6.45, 7) is 2.97. The van der Waals surface area contributed by atoms with Crippen molar-refractivity contribution in [2.24, 2.45) is 7.05 Å². The van der Waals surface area contributed by atoms with Crippen LogP contribution in [0, 0.1) is 6.92 Å². The first-order valence-electron chi connectivity index (χ1n) is 8.20. The molecule has 23 heavy (non-hydrogen) atoms. The third kappa shape index (κ3) is 2.56. The minimum atomic E-state index is 0.596. The van der Waals surface area contributed by atoms with Crippen LogP contribution in [0.1, 0.15) is 35.8 Å². The van der Waals surface area contributed by atoms with E-state index in [1.54, 1.807) is 0 Å². The first kappa shape index (κ1) is 14.2. The molecule has 0 fully saturated rings. The lowest BCUT2D eigenvalue weighted by Crippen LogP contribution is -2.06. The molecule has 0 radical (unpaired) electrons. The molecule has 0 amide bonds. The van der Waals surface area contributed by atoms with Gasteiger partial charge >= 0.3 is 0 Å². The van der Waals surface area contributed by atoms with Crippen molar-refractivity contribution in [2.45, 2.75) is 38.6 Å². The highest BCUT2D eigenvalue weighted by molar-refractivity contribution is 5.51. The highest BCUT2D eigenvalue weighted by Gasteiger charge is 2.23. The van der Waals surface area contributed by atoms with E-state index < -0.39 is 0 Å². The highest BCUT2D eigenvalue weighted by Crippen LogP contribution is 2.30. The molecule has 3 aromatic rings. The Bertz CT molecular complexity index is 815. The molecule has 0 aliphatic carbocycles. The number of aryl methyl sites for hydroxylation is 3. The van der Waals surface area contributed by atoms with Gasteiger partial charge in [-0.2, -0.15) is 5.10 Å². The Balaban J connectivity index is 1.64. The van der Waals surface area contributed by atoms with Crippen LogP contribution in [0.15, 0.2) is 36.4 Å². The summed E-state index contributed by atoms with van der Waals surface area (Å²) in [6.07, 6.45) is 3.23. The van der Waals surface area contributed by atoms with Gasteiger partial charge in [-0.25, -0.2) is 0 Å². The molecule has 1 unspecified atom stereocenters. The van der Waals surface area contributed by atoms with E-state index in [-0.39, 0.29) is 0 Å². The van der Waals surface area contributed by atoms with Gasteiger partial charge in [0.1, 0.15) is 11.5 Å². The van der Waals surface area contributed by atoms with E-state index in [0.717, 1.165) is 48.8 Å². The zero-order valence-electron chi connectivity index (χ0n) is 13.6. The predicted octanol–water partition coefficient (Wildman–Crippen LogP) is 3.11. The molecule has 0 bridgehead atoms. The van der Waals surface area contributed by atoms with Crippen LogP contribution in [0.2, 0.25) is 0 Å². The maximum Gasteiger partial charge on any atom is 0.182 e. The number of hydrogen-bond donors (Lipinski definition) is 0. The van der Waals surface area contributed by atoms with Gasteiger partial charge in [0.2, 0.25) is 0 Å². The molecule has 5 heteroatoms. The zero-order chi connectivity index (χ0) is 15.8. The number of benzene rings is 1. The van der Waals surface area contributed by atoms with Crippen LogP contribution < -0.4 is 0 Å². The van der Waals surface area contributed by atoms with Gasteiger partial charge in [0.15, 0.2) is 5.82 Å². The van der Waals surface area contributed by atoms with Crippen LogP contribution in [-0.4, -0.2) is 24.5 Å². The lowest BCUT2D eigenvalue weighted by Gasteiger charge is -2.14. The van der Waals surface area contributed by atoms with E-state index in [2.05, 4.69) is 56.3 Å². The maximum atomic E-state index is 4.44.